The lowest BCUT2D eigenvalue weighted by molar-refractivity contribution is 0.0600. The lowest BCUT2D eigenvalue weighted by Gasteiger charge is -2.17. The number of hydrogen-bond acceptors (Lipinski definition) is 3. The molecule has 0 radical (unpaired) electrons. The standard InChI is InChI=1S/C17H19NO2/c1-18(12-14-7-4-3-5-8-14)13-15-9-6-10-16(11-15)17(19)20-2/h3-11H,12-13H2,1-2H3. The van der Waals surface area contributed by atoms with E-state index in [1.165, 1.54) is 12.7 Å². The van der Waals surface area contributed by atoms with Gasteiger partial charge in [-0.1, -0.05) is 42.5 Å². The van der Waals surface area contributed by atoms with Crippen LogP contribution in [0.25, 0.3) is 0 Å². The van der Waals surface area contributed by atoms with Crippen LogP contribution in [0.1, 0.15) is 21.5 Å². The summed E-state index contributed by atoms with van der Waals surface area (Å²) in [5.41, 5.74) is 2.98. The molecule has 0 fully saturated rings. The Hall–Kier alpha value is -2.13. The van der Waals surface area contributed by atoms with Gasteiger partial charge in [0.15, 0.2) is 0 Å². The molecule has 0 aliphatic heterocycles. The van der Waals surface area contributed by atoms with Gasteiger partial charge in [-0.3, -0.25) is 4.90 Å². The molecule has 0 atom stereocenters. The van der Waals surface area contributed by atoms with E-state index in [4.69, 9.17) is 4.74 Å². The summed E-state index contributed by atoms with van der Waals surface area (Å²) >= 11 is 0. The fourth-order valence-corrected chi connectivity index (χ4v) is 2.18. The van der Waals surface area contributed by atoms with E-state index in [2.05, 4.69) is 24.1 Å². The van der Waals surface area contributed by atoms with Crippen LogP contribution in [0.4, 0.5) is 0 Å². The van der Waals surface area contributed by atoms with Crippen molar-refractivity contribution in [3.63, 3.8) is 0 Å². The fourth-order valence-electron chi connectivity index (χ4n) is 2.18. The van der Waals surface area contributed by atoms with E-state index in [9.17, 15) is 4.79 Å². The number of ether oxygens (including phenoxy) is 1. The minimum absolute atomic E-state index is 0.294. The number of rotatable bonds is 5. The molecule has 0 aromatic heterocycles. The molecule has 0 unspecified atom stereocenters. The Morgan fingerprint density at radius 3 is 2.35 bits per heavy atom. The van der Waals surface area contributed by atoms with E-state index in [-0.39, 0.29) is 5.97 Å². The van der Waals surface area contributed by atoms with Crippen molar-refractivity contribution in [3.8, 4) is 0 Å². The average Bonchev–Trinajstić information content (AvgIpc) is 2.47. The molecule has 0 amide bonds. The van der Waals surface area contributed by atoms with Crippen LogP contribution in [0.15, 0.2) is 54.6 Å². The highest BCUT2D eigenvalue weighted by atomic mass is 16.5. The van der Waals surface area contributed by atoms with Gasteiger partial charge in [0.1, 0.15) is 0 Å². The van der Waals surface area contributed by atoms with Crippen LogP contribution in [-0.2, 0) is 17.8 Å². The topological polar surface area (TPSA) is 29.5 Å². The molecule has 20 heavy (non-hydrogen) atoms. The predicted octanol–water partition coefficient (Wildman–Crippen LogP) is 3.11. The van der Waals surface area contributed by atoms with Crippen LogP contribution < -0.4 is 0 Å². The number of hydrogen-bond donors (Lipinski definition) is 0. The molecule has 0 aliphatic carbocycles. The monoisotopic (exact) mass is 269 g/mol. The van der Waals surface area contributed by atoms with Gasteiger partial charge in [-0.2, -0.15) is 0 Å². The third kappa shape index (κ3) is 3.93. The maximum atomic E-state index is 11.5. The summed E-state index contributed by atoms with van der Waals surface area (Å²) in [7, 11) is 3.47. The highest BCUT2D eigenvalue weighted by Gasteiger charge is 2.07. The lowest BCUT2D eigenvalue weighted by Crippen LogP contribution is -2.17. The summed E-state index contributed by atoms with van der Waals surface area (Å²) in [5.74, 6) is -0.294. The van der Waals surface area contributed by atoms with Crippen LogP contribution in [0, 0.1) is 0 Å². The second-order valence-electron chi connectivity index (χ2n) is 4.85. The molecular formula is C17H19NO2. The maximum Gasteiger partial charge on any atom is 0.337 e. The Kier molecular flexibility index (Phi) is 4.91. The summed E-state index contributed by atoms with van der Waals surface area (Å²) in [6, 6.07) is 17.9. The molecule has 0 saturated carbocycles. The van der Waals surface area contributed by atoms with Gasteiger partial charge in [-0.15, -0.1) is 0 Å². The van der Waals surface area contributed by atoms with E-state index in [1.807, 2.05) is 36.4 Å². The minimum Gasteiger partial charge on any atom is -0.465 e. The molecule has 2 rings (SSSR count). The number of benzene rings is 2. The molecule has 0 N–H and O–H groups in total. The van der Waals surface area contributed by atoms with E-state index in [0.29, 0.717) is 5.56 Å². The Bertz CT molecular complexity index is 566. The molecule has 0 spiro atoms. The third-order valence-corrected chi connectivity index (χ3v) is 3.10. The molecule has 0 saturated heterocycles. The number of carbonyl (C=O) groups excluding carboxylic acids is 1. The smallest absolute Gasteiger partial charge is 0.337 e. The third-order valence-electron chi connectivity index (χ3n) is 3.10. The Morgan fingerprint density at radius 2 is 1.65 bits per heavy atom. The zero-order valence-corrected chi connectivity index (χ0v) is 11.9. The van der Waals surface area contributed by atoms with Crippen LogP contribution in [0.2, 0.25) is 0 Å². The van der Waals surface area contributed by atoms with E-state index in [1.54, 1.807) is 6.07 Å². The first-order chi connectivity index (χ1) is 9.69. The highest BCUT2D eigenvalue weighted by Crippen LogP contribution is 2.11. The lowest BCUT2D eigenvalue weighted by atomic mass is 10.1. The molecule has 3 nitrogen and oxygen atoms in total. The van der Waals surface area contributed by atoms with Crippen molar-refractivity contribution in [2.24, 2.45) is 0 Å². The molecule has 0 heterocycles. The first kappa shape index (κ1) is 14.3. The zero-order valence-electron chi connectivity index (χ0n) is 11.9. The van der Waals surface area contributed by atoms with E-state index < -0.39 is 0 Å². The molecule has 104 valence electrons. The summed E-state index contributed by atoms with van der Waals surface area (Å²) in [6.45, 7) is 1.67. The Labute approximate surface area is 119 Å². The largest absolute Gasteiger partial charge is 0.465 e. The summed E-state index contributed by atoms with van der Waals surface area (Å²) in [5, 5.41) is 0. The van der Waals surface area contributed by atoms with Crippen molar-refractivity contribution in [2.45, 2.75) is 13.1 Å². The summed E-state index contributed by atoms with van der Waals surface area (Å²) in [4.78, 5) is 13.7. The molecule has 2 aromatic rings. The van der Waals surface area contributed by atoms with Gasteiger partial charge >= 0.3 is 5.97 Å². The van der Waals surface area contributed by atoms with Gasteiger partial charge in [0.2, 0.25) is 0 Å². The predicted molar refractivity (Wildman–Crippen MR) is 79.4 cm³/mol. The minimum atomic E-state index is -0.294. The van der Waals surface area contributed by atoms with Crippen molar-refractivity contribution in [1.82, 2.24) is 4.90 Å². The van der Waals surface area contributed by atoms with E-state index >= 15 is 0 Å². The Morgan fingerprint density at radius 1 is 1.00 bits per heavy atom. The first-order valence-corrected chi connectivity index (χ1v) is 6.59. The number of carbonyl (C=O) groups is 1. The van der Waals surface area contributed by atoms with Crippen molar-refractivity contribution >= 4 is 5.97 Å². The van der Waals surface area contributed by atoms with Crippen LogP contribution in [0.3, 0.4) is 0 Å². The average molecular weight is 269 g/mol. The van der Waals surface area contributed by atoms with Crippen LogP contribution in [0.5, 0.6) is 0 Å². The van der Waals surface area contributed by atoms with Crippen molar-refractivity contribution in [2.75, 3.05) is 14.2 Å². The van der Waals surface area contributed by atoms with Crippen LogP contribution >= 0.6 is 0 Å². The molecular weight excluding hydrogens is 250 g/mol. The van der Waals surface area contributed by atoms with Crippen molar-refractivity contribution in [3.05, 3.63) is 71.3 Å². The quantitative estimate of drug-likeness (QED) is 0.781. The normalized spacial score (nSPS) is 10.6. The second-order valence-corrected chi connectivity index (χ2v) is 4.85. The fraction of sp³-hybridized carbons (Fsp3) is 0.235. The molecule has 3 heteroatoms. The van der Waals surface area contributed by atoms with Crippen molar-refractivity contribution < 1.29 is 9.53 Å². The SMILES string of the molecule is COC(=O)c1cccc(CN(C)Cc2ccccc2)c1. The second kappa shape index (κ2) is 6.87. The molecule has 0 aliphatic rings. The summed E-state index contributed by atoms with van der Waals surface area (Å²) < 4.78 is 4.74. The van der Waals surface area contributed by atoms with Gasteiger partial charge in [-0.25, -0.2) is 4.79 Å². The number of esters is 1. The van der Waals surface area contributed by atoms with Gasteiger partial charge < -0.3 is 4.74 Å². The maximum absolute atomic E-state index is 11.5. The molecule has 0 bridgehead atoms. The zero-order chi connectivity index (χ0) is 14.4. The van der Waals surface area contributed by atoms with Gasteiger partial charge in [0.25, 0.3) is 0 Å². The number of nitrogens with zero attached hydrogens (tertiary/aromatic N) is 1. The molecule has 2 aromatic carbocycles. The Balaban J connectivity index is 2.01. The van der Waals surface area contributed by atoms with Gasteiger partial charge in [0, 0.05) is 13.1 Å². The van der Waals surface area contributed by atoms with Crippen molar-refractivity contribution in [1.29, 1.82) is 0 Å². The highest BCUT2D eigenvalue weighted by molar-refractivity contribution is 5.89. The summed E-state index contributed by atoms with van der Waals surface area (Å²) in [6.07, 6.45) is 0. The van der Waals surface area contributed by atoms with Gasteiger partial charge in [-0.05, 0) is 30.3 Å². The van der Waals surface area contributed by atoms with Gasteiger partial charge in [0.05, 0.1) is 12.7 Å². The number of methoxy groups -OCH3 is 1. The van der Waals surface area contributed by atoms with E-state index in [0.717, 1.165) is 18.7 Å². The van der Waals surface area contributed by atoms with Crippen LogP contribution in [-0.4, -0.2) is 25.0 Å². The first-order valence-electron chi connectivity index (χ1n) is 6.59.